The highest BCUT2D eigenvalue weighted by molar-refractivity contribution is 9.10. The van der Waals surface area contributed by atoms with Gasteiger partial charge in [-0.25, -0.2) is 0 Å². The molecule has 9 heteroatoms. The van der Waals surface area contributed by atoms with Gasteiger partial charge in [-0.15, -0.1) is 0 Å². The number of amides is 1. The van der Waals surface area contributed by atoms with Crippen LogP contribution < -0.4 is 10.7 Å². The first-order valence-corrected chi connectivity index (χ1v) is 8.46. The zero-order valence-corrected chi connectivity index (χ0v) is 15.3. The summed E-state index contributed by atoms with van der Waals surface area (Å²) in [6, 6.07) is 11.0. The van der Waals surface area contributed by atoms with Gasteiger partial charge < -0.3 is 10.4 Å². The molecule has 0 saturated heterocycles. The molecule has 26 heavy (non-hydrogen) atoms. The summed E-state index contributed by atoms with van der Waals surface area (Å²) in [6.07, 6.45) is 0.00225. The van der Waals surface area contributed by atoms with Crippen molar-refractivity contribution in [1.29, 1.82) is 0 Å². The number of hydrogen-bond acceptors (Lipinski definition) is 6. The number of hydrazone groups is 1. The van der Waals surface area contributed by atoms with Crippen molar-refractivity contribution in [3.8, 4) is 0 Å². The molecule has 1 aliphatic rings. The number of carbonyl (C=O) groups is 1. The molecule has 0 saturated carbocycles. The van der Waals surface area contributed by atoms with Crippen molar-refractivity contribution >= 4 is 44.6 Å². The van der Waals surface area contributed by atoms with Crippen molar-refractivity contribution in [2.45, 2.75) is 18.9 Å². The van der Waals surface area contributed by atoms with Crippen LogP contribution in [0.2, 0.25) is 0 Å². The van der Waals surface area contributed by atoms with Crippen LogP contribution in [0.3, 0.4) is 0 Å². The Labute approximate surface area is 157 Å². The third-order valence-corrected chi connectivity index (χ3v) is 4.51. The summed E-state index contributed by atoms with van der Waals surface area (Å²) in [5, 5.41) is 28.4. The van der Waals surface area contributed by atoms with E-state index in [2.05, 4.69) is 31.8 Å². The van der Waals surface area contributed by atoms with Crippen LogP contribution in [0.1, 0.15) is 18.9 Å². The van der Waals surface area contributed by atoms with Gasteiger partial charge in [0.25, 0.3) is 11.6 Å². The molecule has 1 aliphatic heterocycles. The van der Waals surface area contributed by atoms with E-state index in [1.165, 1.54) is 24.3 Å². The number of nitro groups is 1. The molecule has 0 spiro atoms. The van der Waals surface area contributed by atoms with Gasteiger partial charge in [-0.05, 0) is 37.3 Å². The summed E-state index contributed by atoms with van der Waals surface area (Å²) in [7, 11) is 0. The Morgan fingerprint density at radius 3 is 2.69 bits per heavy atom. The molecule has 8 nitrogen and oxygen atoms in total. The van der Waals surface area contributed by atoms with E-state index in [4.69, 9.17) is 0 Å². The van der Waals surface area contributed by atoms with E-state index in [1.807, 2.05) is 0 Å². The molecular formula is C17H15BrN4O4. The largest absolute Gasteiger partial charge is 0.375 e. The number of hydrogen-bond donors (Lipinski definition) is 3. The smallest absolute Gasteiger partial charge is 0.269 e. The van der Waals surface area contributed by atoms with Crippen LogP contribution in [0.5, 0.6) is 0 Å². The molecule has 3 N–H and O–H groups in total. The van der Waals surface area contributed by atoms with Gasteiger partial charge in [-0.3, -0.25) is 20.3 Å². The number of anilines is 2. The molecule has 2 aromatic rings. The SMILES string of the molecule is C/C(CC1(O)C(=O)Nc2ccc(Br)cc21)=N/Nc1ccc([N+](=O)[O-])cc1. The number of fused-ring (bicyclic) bond motifs is 1. The summed E-state index contributed by atoms with van der Waals surface area (Å²) >= 11 is 3.34. The number of non-ortho nitro benzene ring substituents is 1. The highest BCUT2D eigenvalue weighted by atomic mass is 79.9. The van der Waals surface area contributed by atoms with E-state index in [-0.39, 0.29) is 12.1 Å². The molecule has 2 aromatic carbocycles. The minimum Gasteiger partial charge on any atom is -0.375 e. The fourth-order valence-corrected chi connectivity index (χ4v) is 3.08. The van der Waals surface area contributed by atoms with E-state index in [9.17, 15) is 20.0 Å². The Hall–Kier alpha value is -2.78. The van der Waals surface area contributed by atoms with E-state index in [1.54, 1.807) is 25.1 Å². The molecule has 1 heterocycles. The van der Waals surface area contributed by atoms with E-state index in [0.29, 0.717) is 22.6 Å². The van der Waals surface area contributed by atoms with Crippen molar-refractivity contribution < 1.29 is 14.8 Å². The standard InChI is InChI=1S/C17H15BrN4O4/c1-10(20-21-12-3-5-13(6-4-12)22(25)26)9-17(24)14-8-11(18)2-7-15(14)19-16(17)23/h2-8,21,24H,9H2,1H3,(H,19,23)/b20-10-. The Bertz CT molecular complexity index is 913. The number of nitrogens with zero attached hydrogens (tertiary/aromatic N) is 2. The van der Waals surface area contributed by atoms with Gasteiger partial charge in [0.05, 0.1) is 10.6 Å². The third-order valence-electron chi connectivity index (χ3n) is 4.02. The van der Waals surface area contributed by atoms with Crippen LogP contribution in [0.15, 0.2) is 52.0 Å². The van der Waals surface area contributed by atoms with E-state index < -0.39 is 16.4 Å². The number of nitrogens with one attached hydrogen (secondary N) is 2. The topological polar surface area (TPSA) is 117 Å². The summed E-state index contributed by atoms with van der Waals surface area (Å²) in [5.74, 6) is -0.504. The van der Waals surface area contributed by atoms with Crippen LogP contribution >= 0.6 is 15.9 Å². The average molecular weight is 419 g/mol. The summed E-state index contributed by atoms with van der Waals surface area (Å²) < 4.78 is 0.754. The maximum atomic E-state index is 12.3. The summed E-state index contributed by atoms with van der Waals surface area (Å²) in [4.78, 5) is 22.4. The van der Waals surface area contributed by atoms with Crippen LogP contribution in [-0.2, 0) is 10.4 Å². The van der Waals surface area contributed by atoms with Crippen molar-refractivity contribution in [2.24, 2.45) is 5.10 Å². The Balaban J connectivity index is 1.76. The van der Waals surface area contributed by atoms with Crippen LogP contribution in [-0.4, -0.2) is 21.6 Å². The zero-order chi connectivity index (χ0) is 18.9. The lowest BCUT2D eigenvalue weighted by molar-refractivity contribution is -0.384. The highest BCUT2D eigenvalue weighted by Gasteiger charge is 2.45. The molecular weight excluding hydrogens is 404 g/mol. The van der Waals surface area contributed by atoms with Crippen LogP contribution in [0, 0.1) is 10.1 Å². The van der Waals surface area contributed by atoms with Gasteiger partial charge >= 0.3 is 0 Å². The quantitative estimate of drug-likeness (QED) is 0.390. The number of rotatable bonds is 5. The normalized spacial score (nSPS) is 19.0. The number of carbonyl (C=O) groups excluding carboxylic acids is 1. The highest BCUT2D eigenvalue weighted by Crippen LogP contribution is 2.40. The maximum absolute atomic E-state index is 12.3. The number of nitro benzene ring substituents is 1. The molecule has 134 valence electrons. The fraction of sp³-hybridized carbons (Fsp3) is 0.176. The number of halogens is 1. The third kappa shape index (κ3) is 3.44. The second kappa shape index (κ2) is 6.85. The predicted octanol–water partition coefficient (Wildman–Crippen LogP) is 3.38. The Morgan fingerprint density at radius 1 is 1.35 bits per heavy atom. The fourth-order valence-electron chi connectivity index (χ4n) is 2.72. The lowest BCUT2D eigenvalue weighted by Gasteiger charge is -2.20. The Morgan fingerprint density at radius 2 is 2.04 bits per heavy atom. The molecule has 1 amide bonds. The second-order valence-corrected chi connectivity index (χ2v) is 6.86. The van der Waals surface area contributed by atoms with E-state index >= 15 is 0 Å². The molecule has 3 rings (SSSR count). The molecule has 1 unspecified atom stereocenters. The van der Waals surface area contributed by atoms with Gasteiger partial charge in [0, 0.05) is 40.0 Å². The second-order valence-electron chi connectivity index (χ2n) is 5.94. The zero-order valence-electron chi connectivity index (χ0n) is 13.7. The predicted molar refractivity (Wildman–Crippen MR) is 101 cm³/mol. The van der Waals surface area contributed by atoms with Gasteiger partial charge in [0.1, 0.15) is 0 Å². The minimum atomic E-state index is -1.70. The van der Waals surface area contributed by atoms with E-state index in [0.717, 1.165) is 4.47 Å². The first-order chi connectivity index (χ1) is 12.3. The first-order valence-electron chi connectivity index (χ1n) is 7.67. The number of aliphatic hydroxyl groups is 1. The Kier molecular flexibility index (Phi) is 4.75. The number of benzene rings is 2. The first kappa shape index (κ1) is 18.0. The molecule has 1 atom stereocenters. The molecule has 0 radical (unpaired) electrons. The van der Waals surface area contributed by atoms with Crippen molar-refractivity contribution in [3.05, 3.63) is 62.6 Å². The lowest BCUT2D eigenvalue weighted by atomic mass is 9.90. The van der Waals surface area contributed by atoms with Gasteiger partial charge in [0.15, 0.2) is 5.60 Å². The maximum Gasteiger partial charge on any atom is 0.269 e. The van der Waals surface area contributed by atoms with Crippen molar-refractivity contribution in [2.75, 3.05) is 10.7 Å². The van der Waals surface area contributed by atoms with Gasteiger partial charge in [-0.2, -0.15) is 5.10 Å². The van der Waals surface area contributed by atoms with Gasteiger partial charge in [-0.1, -0.05) is 15.9 Å². The molecule has 0 fully saturated rings. The van der Waals surface area contributed by atoms with Crippen LogP contribution in [0.4, 0.5) is 17.1 Å². The monoisotopic (exact) mass is 418 g/mol. The minimum absolute atomic E-state index is 0.00225. The van der Waals surface area contributed by atoms with Crippen molar-refractivity contribution in [3.63, 3.8) is 0 Å². The van der Waals surface area contributed by atoms with Crippen molar-refractivity contribution in [1.82, 2.24) is 0 Å². The molecule has 0 aliphatic carbocycles. The summed E-state index contributed by atoms with van der Waals surface area (Å²) in [5.41, 5.74) is 3.15. The van der Waals surface area contributed by atoms with Crippen LogP contribution in [0.25, 0.3) is 0 Å². The molecule has 0 aromatic heterocycles. The summed E-state index contributed by atoms with van der Waals surface area (Å²) in [6.45, 7) is 1.68. The lowest BCUT2D eigenvalue weighted by Crippen LogP contribution is -2.36. The van der Waals surface area contributed by atoms with Gasteiger partial charge in [0.2, 0.25) is 0 Å². The molecule has 0 bridgehead atoms. The average Bonchev–Trinajstić information content (AvgIpc) is 2.84.